The van der Waals surface area contributed by atoms with Crippen molar-refractivity contribution in [3.63, 3.8) is 0 Å². The number of aromatic nitrogens is 6. The van der Waals surface area contributed by atoms with Crippen molar-refractivity contribution in [1.82, 2.24) is 27.4 Å². The van der Waals surface area contributed by atoms with Crippen LogP contribution in [0.1, 0.15) is 0 Å². The van der Waals surface area contributed by atoms with Gasteiger partial charge in [-0.15, -0.1) is 0 Å². The molecular weight excluding hydrogens is 1020 g/mol. The van der Waals surface area contributed by atoms with Gasteiger partial charge in [0.1, 0.15) is 0 Å². The van der Waals surface area contributed by atoms with Crippen molar-refractivity contribution in [3.05, 3.63) is 291 Å². The van der Waals surface area contributed by atoms with E-state index in [1.54, 1.807) is 0 Å². The van der Waals surface area contributed by atoms with Crippen molar-refractivity contribution in [2.45, 2.75) is 0 Å². The second kappa shape index (κ2) is 17.1. The van der Waals surface area contributed by atoms with Gasteiger partial charge in [0.05, 0.1) is 83.3 Å². The number of rotatable bonds is 6. The molecule has 0 fully saturated rings. The maximum absolute atomic E-state index is 2.50. The van der Waals surface area contributed by atoms with Crippen LogP contribution in [-0.4, -0.2) is 27.4 Å². The molecule has 0 aliphatic rings. The number of para-hydroxylation sites is 9. The summed E-state index contributed by atoms with van der Waals surface area (Å²) in [7, 11) is 0. The van der Waals surface area contributed by atoms with E-state index in [-0.39, 0.29) is 0 Å². The average molecular weight is 1070 g/mol. The minimum Gasteiger partial charge on any atom is -0.309 e. The van der Waals surface area contributed by atoms with Gasteiger partial charge >= 0.3 is 0 Å². The largest absolute Gasteiger partial charge is 0.309 e. The molecule has 0 saturated heterocycles. The third-order valence-corrected chi connectivity index (χ3v) is 18.1. The predicted octanol–water partition coefficient (Wildman–Crippen LogP) is 20.3. The fourth-order valence-electron chi connectivity index (χ4n) is 14.7. The lowest BCUT2D eigenvalue weighted by molar-refractivity contribution is 1.09. The van der Waals surface area contributed by atoms with Crippen molar-refractivity contribution in [2.24, 2.45) is 0 Å². The summed E-state index contributed by atoms with van der Waals surface area (Å²) in [4.78, 5) is 0. The Morgan fingerprint density at radius 2 is 0.274 bits per heavy atom. The molecule has 0 aliphatic carbocycles. The number of nitrogens with zero attached hydrogens (tertiary/aromatic N) is 6. The number of hydrogen-bond donors (Lipinski definition) is 0. The van der Waals surface area contributed by atoms with Crippen LogP contribution in [0.3, 0.4) is 0 Å². The average Bonchev–Trinajstić information content (AvgIpc) is 2.27. The van der Waals surface area contributed by atoms with Crippen molar-refractivity contribution >= 4 is 131 Å². The maximum Gasteiger partial charge on any atom is 0.0542 e. The second-order valence-electron chi connectivity index (χ2n) is 22.5. The molecule has 19 aromatic rings. The lowest BCUT2D eigenvalue weighted by atomic mass is 10.1. The van der Waals surface area contributed by atoms with Crippen LogP contribution in [0, 0.1) is 0 Å². The van der Waals surface area contributed by atoms with Gasteiger partial charge in [0.2, 0.25) is 0 Å². The third-order valence-electron chi connectivity index (χ3n) is 18.1. The fourth-order valence-corrected chi connectivity index (χ4v) is 14.7. The molecule has 390 valence electrons. The zero-order valence-corrected chi connectivity index (χ0v) is 45.4. The first kappa shape index (κ1) is 45.4. The zero-order valence-electron chi connectivity index (χ0n) is 45.4. The molecule has 0 radical (unpaired) electrons. The van der Waals surface area contributed by atoms with E-state index in [9.17, 15) is 0 Å². The number of hydrogen-bond acceptors (Lipinski definition) is 0. The summed E-state index contributed by atoms with van der Waals surface area (Å²) in [5.74, 6) is 0. The molecule has 0 spiro atoms. The molecule has 0 aliphatic heterocycles. The van der Waals surface area contributed by atoms with Crippen molar-refractivity contribution in [1.29, 1.82) is 0 Å². The minimum atomic E-state index is 1.07. The lowest BCUT2D eigenvalue weighted by Crippen LogP contribution is -2.03. The Hall–Kier alpha value is -11.3. The molecular formula is C78H48N6. The Balaban J connectivity index is 0.883. The van der Waals surface area contributed by atoms with Gasteiger partial charge in [-0.2, -0.15) is 0 Å². The molecule has 0 saturated carbocycles. The van der Waals surface area contributed by atoms with Crippen LogP contribution in [0.2, 0.25) is 0 Å². The van der Waals surface area contributed by atoms with Gasteiger partial charge in [0.15, 0.2) is 0 Å². The molecule has 0 atom stereocenters. The van der Waals surface area contributed by atoms with Crippen LogP contribution < -0.4 is 0 Å². The van der Waals surface area contributed by atoms with Crippen LogP contribution in [0.25, 0.3) is 165 Å². The van der Waals surface area contributed by atoms with Crippen LogP contribution in [0.5, 0.6) is 0 Å². The highest BCUT2D eigenvalue weighted by Crippen LogP contribution is 2.43. The summed E-state index contributed by atoms with van der Waals surface area (Å²) in [5, 5.41) is 14.7. The Morgan fingerprint density at radius 1 is 0.119 bits per heavy atom. The molecule has 0 unspecified atom stereocenters. The standard InChI is InChI=1S/C78H48N6/c1-10-28-67-55(19-1)56-20-2-11-29-68(56)79(67)49-37-40-76-64(46-49)61-25-7-16-34-73(61)82(76)52-43-53(83-74-35-17-8-26-62(74)65-47-50(38-41-77(65)83)80-69-30-12-3-21-57(69)58-22-4-13-31-70(58)80)45-54(44-52)84-75-36-18-9-27-63(75)66-48-51(39-42-78(66)84)81-71-32-14-5-23-59(71)60-24-6-15-33-72(60)81/h1-48H. The fraction of sp³-hybridized carbons (Fsp3) is 0. The van der Waals surface area contributed by atoms with Crippen LogP contribution in [-0.2, 0) is 0 Å². The molecule has 6 heterocycles. The van der Waals surface area contributed by atoms with Crippen LogP contribution >= 0.6 is 0 Å². The Morgan fingerprint density at radius 3 is 0.476 bits per heavy atom. The lowest BCUT2D eigenvalue weighted by Gasteiger charge is -2.18. The van der Waals surface area contributed by atoms with E-state index in [1.807, 2.05) is 0 Å². The first-order valence-electron chi connectivity index (χ1n) is 28.9. The van der Waals surface area contributed by atoms with E-state index >= 15 is 0 Å². The third kappa shape index (κ3) is 6.23. The van der Waals surface area contributed by atoms with Gasteiger partial charge in [-0.3, -0.25) is 0 Å². The Kier molecular flexibility index (Phi) is 9.24. The summed E-state index contributed by atoms with van der Waals surface area (Å²) < 4.78 is 14.8. The second-order valence-corrected chi connectivity index (χ2v) is 22.5. The van der Waals surface area contributed by atoms with Crippen LogP contribution in [0.15, 0.2) is 291 Å². The Labute approximate surface area is 480 Å². The molecule has 6 aromatic heterocycles. The minimum absolute atomic E-state index is 1.07. The van der Waals surface area contributed by atoms with Crippen LogP contribution in [0.4, 0.5) is 0 Å². The van der Waals surface area contributed by atoms with E-state index in [1.165, 1.54) is 97.7 Å². The number of benzene rings is 13. The van der Waals surface area contributed by atoms with E-state index in [0.29, 0.717) is 0 Å². The normalized spacial score (nSPS) is 12.3. The van der Waals surface area contributed by atoms with Gasteiger partial charge in [-0.25, -0.2) is 0 Å². The van der Waals surface area contributed by atoms with Crippen molar-refractivity contribution in [2.75, 3.05) is 0 Å². The van der Waals surface area contributed by atoms with Gasteiger partial charge in [-0.05, 0) is 127 Å². The highest BCUT2D eigenvalue weighted by Gasteiger charge is 2.23. The van der Waals surface area contributed by atoms with Gasteiger partial charge in [0.25, 0.3) is 0 Å². The SMILES string of the molecule is c1ccc2c(c1)c1ccccc1n2-c1ccc2c(c1)c1ccccc1n2-c1cc(-n2c3ccccc3c3cc(-n4c5ccccc5c5ccccc54)ccc32)cc(-n2c3ccccc3c3cc(-n4c5ccccc5c5ccccc54)ccc32)c1. The highest BCUT2D eigenvalue weighted by atomic mass is 15.1. The summed E-state index contributed by atoms with van der Waals surface area (Å²) in [6, 6.07) is 108. The van der Waals surface area contributed by atoms with E-state index < -0.39 is 0 Å². The highest BCUT2D eigenvalue weighted by molar-refractivity contribution is 6.16. The predicted molar refractivity (Wildman–Crippen MR) is 352 cm³/mol. The summed E-state index contributed by atoms with van der Waals surface area (Å²) in [5.41, 5.74) is 20.6. The molecule has 0 N–H and O–H groups in total. The van der Waals surface area contributed by atoms with E-state index in [4.69, 9.17) is 0 Å². The summed E-state index contributed by atoms with van der Waals surface area (Å²) in [6.45, 7) is 0. The topological polar surface area (TPSA) is 29.6 Å². The van der Waals surface area contributed by atoms with Crippen molar-refractivity contribution < 1.29 is 0 Å². The summed E-state index contributed by atoms with van der Waals surface area (Å²) >= 11 is 0. The van der Waals surface area contributed by atoms with E-state index in [2.05, 4.69) is 319 Å². The molecule has 84 heavy (non-hydrogen) atoms. The smallest absolute Gasteiger partial charge is 0.0542 e. The summed E-state index contributed by atoms with van der Waals surface area (Å²) in [6.07, 6.45) is 0. The van der Waals surface area contributed by atoms with Gasteiger partial charge in [0, 0.05) is 81.7 Å². The Bertz CT molecular complexity index is 5250. The van der Waals surface area contributed by atoms with Gasteiger partial charge in [-0.1, -0.05) is 164 Å². The molecule has 19 rings (SSSR count). The maximum atomic E-state index is 2.50. The van der Waals surface area contributed by atoms with E-state index in [0.717, 1.165) is 67.2 Å². The molecule has 6 heteroatoms. The molecule has 0 amide bonds. The molecule has 13 aromatic carbocycles. The first-order valence-corrected chi connectivity index (χ1v) is 28.9. The molecule has 6 nitrogen and oxygen atoms in total. The molecule has 0 bridgehead atoms. The monoisotopic (exact) mass is 1070 g/mol. The van der Waals surface area contributed by atoms with Crippen molar-refractivity contribution in [3.8, 4) is 34.1 Å². The quantitative estimate of drug-likeness (QED) is 0.159. The zero-order chi connectivity index (χ0) is 54.7. The first-order chi connectivity index (χ1) is 41.7. The number of fused-ring (bicyclic) bond motifs is 18. The van der Waals surface area contributed by atoms with Gasteiger partial charge < -0.3 is 27.4 Å².